The number of rotatable bonds is 14. The third-order valence-corrected chi connectivity index (χ3v) is 10.6. The van der Waals surface area contributed by atoms with Crippen molar-refractivity contribution >= 4 is 34.5 Å². The van der Waals surface area contributed by atoms with Crippen molar-refractivity contribution < 1.29 is 19.8 Å². The molecule has 0 bridgehead atoms. The lowest BCUT2D eigenvalue weighted by atomic mass is 9.84. The van der Waals surface area contributed by atoms with Gasteiger partial charge in [-0.2, -0.15) is 0 Å². The minimum atomic E-state index is -0.250. The second kappa shape index (κ2) is 16.2. The first kappa shape index (κ1) is 37.2. The number of hydrogen-bond acceptors (Lipinski definition) is 6. The lowest BCUT2D eigenvalue weighted by Gasteiger charge is -2.22. The second-order valence-corrected chi connectivity index (χ2v) is 17.0. The maximum Gasteiger partial charge on any atom is 0.255 e. The largest absolute Gasteiger partial charge is 0.507 e. The molecule has 6 nitrogen and oxygen atoms in total. The number of aromatic hydroxyl groups is 2. The number of carbonyl (C=O) groups excluding carboxylic acids is 2. The van der Waals surface area contributed by atoms with Gasteiger partial charge in [0.15, 0.2) is 0 Å². The highest BCUT2D eigenvalue weighted by Crippen LogP contribution is 2.35. The molecular weight excluding hydrogens is 637 g/mol. The molecule has 0 aliphatic heterocycles. The van der Waals surface area contributed by atoms with E-state index in [9.17, 15) is 19.8 Å². The Kier molecular flexibility index (Phi) is 12.5. The van der Waals surface area contributed by atoms with Crippen molar-refractivity contribution in [3.05, 3.63) is 102 Å². The standard InChI is InChI=1S/C40H52N2O4S2/c1-8-9-17-41-37(45)34-25-29(40(5,6)7)21-27(36(34)44)23-32-16-15-30(48-32)13-10-11-18-42-38(46)33-24-28(39(2,3)4)20-26(35(33)43)22-31-14-12-19-47-31/h12,14-16,19-21,24-25,43-44H,8-11,13,17-18,22-23H2,1-7H3,(H,41,45)(H,42,46). The normalized spacial score (nSPS) is 11.9. The minimum Gasteiger partial charge on any atom is -0.507 e. The first-order valence-corrected chi connectivity index (χ1v) is 18.8. The molecular formula is C40H52N2O4S2. The third kappa shape index (κ3) is 9.95. The van der Waals surface area contributed by atoms with Crippen molar-refractivity contribution in [3.8, 4) is 11.5 Å². The smallest absolute Gasteiger partial charge is 0.255 e. The van der Waals surface area contributed by atoms with Gasteiger partial charge in [-0.15, -0.1) is 22.7 Å². The van der Waals surface area contributed by atoms with Gasteiger partial charge in [0, 0.05) is 51.7 Å². The number of benzene rings is 2. The third-order valence-electron chi connectivity index (χ3n) is 8.58. The van der Waals surface area contributed by atoms with Gasteiger partial charge in [0.05, 0.1) is 11.1 Å². The molecule has 0 fully saturated rings. The van der Waals surface area contributed by atoms with Crippen LogP contribution in [0.2, 0.25) is 0 Å². The quantitative estimate of drug-likeness (QED) is 0.0993. The molecule has 48 heavy (non-hydrogen) atoms. The molecule has 2 amide bonds. The average Bonchev–Trinajstić information content (AvgIpc) is 3.70. The van der Waals surface area contributed by atoms with E-state index < -0.39 is 0 Å². The minimum absolute atomic E-state index is 0.0559. The van der Waals surface area contributed by atoms with Crippen molar-refractivity contribution in [3.63, 3.8) is 0 Å². The number of thiophene rings is 2. The van der Waals surface area contributed by atoms with E-state index in [1.54, 1.807) is 22.7 Å². The van der Waals surface area contributed by atoms with E-state index >= 15 is 0 Å². The zero-order valence-electron chi connectivity index (χ0n) is 29.6. The van der Waals surface area contributed by atoms with Crippen molar-refractivity contribution in [2.45, 2.75) is 104 Å². The Morgan fingerprint density at radius 2 is 1.21 bits per heavy atom. The molecule has 2 aromatic heterocycles. The molecule has 2 heterocycles. The van der Waals surface area contributed by atoms with Crippen LogP contribution in [0.5, 0.6) is 11.5 Å². The predicted molar refractivity (Wildman–Crippen MR) is 200 cm³/mol. The summed E-state index contributed by atoms with van der Waals surface area (Å²) >= 11 is 3.36. The highest BCUT2D eigenvalue weighted by Gasteiger charge is 2.24. The fourth-order valence-corrected chi connectivity index (χ4v) is 7.32. The summed E-state index contributed by atoms with van der Waals surface area (Å²) in [6.45, 7) is 15.9. The highest BCUT2D eigenvalue weighted by molar-refractivity contribution is 7.12. The van der Waals surface area contributed by atoms with Gasteiger partial charge in [0.1, 0.15) is 11.5 Å². The Morgan fingerprint density at radius 3 is 1.71 bits per heavy atom. The van der Waals surface area contributed by atoms with Crippen LogP contribution in [0.15, 0.2) is 53.9 Å². The van der Waals surface area contributed by atoms with Crippen LogP contribution in [0, 0.1) is 0 Å². The van der Waals surface area contributed by atoms with Gasteiger partial charge in [-0.3, -0.25) is 9.59 Å². The molecule has 0 atom stereocenters. The van der Waals surface area contributed by atoms with Gasteiger partial charge >= 0.3 is 0 Å². The molecule has 4 aromatic rings. The summed E-state index contributed by atoms with van der Waals surface area (Å²) in [6.07, 6.45) is 5.63. The number of carbonyl (C=O) groups is 2. The summed E-state index contributed by atoms with van der Waals surface area (Å²) in [5.41, 5.74) is 3.91. The number of amides is 2. The van der Waals surface area contributed by atoms with Crippen LogP contribution in [0.3, 0.4) is 0 Å². The number of phenols is 2. The predicted octanol–water partition coefficient (Wildman–Crippen LogP) is 9.28. The van der Waals surface area contributed by atoms with Crippen LogP contribution in [-0.2, 0) is 30.1 Å². The van der Waals surface area contributed by atoms with E-state index in [0.717, 1.165) is 64.1 Å². The first-order chi connectivity index (χ1) is 22.7. The van der Waals surface area contributed by atoms with E-state index in [-0.39, 0.29) is 34.1 Å². The van der Waals surface area contributed by atoms with Crippen molar-refractivity contribution in [2.24, 2.45) is 0 Å². The topological polar surface area (TPSA) is 98.7 Å². The Bertz CT molecular complexity index is 1690. The number of phenolic OH excluding ortho intramolecular Hbond substituents is 2. The van der Waals surface area contributed by atoms with Crippen LogP contribution in [0.1, 0.15) is 132 Å². The molecule has 0 aliphatic rings. The Balaban J connectivity index is 1.36. The fraction of sp³-hybridized carbons (Fsp3) is 0.450. The first-order valence-electron chi connectivity index (χ1n) is 17.1. The highest BCUT2D eigenvalue weighted by atomic mass is 32.1. The Labute approximate surface area is 294 Å². The SMILES string of the molecule is CCCCNC(=O)c1cc(C(C)(C)C)cc(Cc2ccc(CCCCNC(=O)c3cc(C(C)(C)C)cc(Cc4cccs4)c3O)s2)c1O. The van der Waals surface area contributed by atoms with Gasteiger partial charge in [-0.05, 0) is 83.4 Å². The molecule has 0 spiro atoms. The zero-order valence-corrected chi connectivity index (χ0v) is 31.2. The molecule has 258 valence electrons. The van der Waals surface area contributed by atoms with E-state index in [1.807, 2.05) is 41.8 Å². The number of hydrogen-bond donors (Lipinski definition) is 4. The number of unbranched alkanes of at least 4 members (excludes halogenated alkanes) is 2. The van der Waals surface area contributed by atoms with Crippen molar-refractivity contribution in [1.82, 2.24) is 10.6 Å². The molecule has 0 unspecified atom stereocenters. The maximum atomic E-state index is 13.2. The molecule has 0 saturated carbocycles. The summed E-state index contributed by atoms with van der Waals surface area (Å²) in [5, 5.41) is 30.2. The van der Waals surface area contributed by atoms with Gasteiger partial charge < -0.3 is 20.8 Å². The number of nitrogens with one attached hydrogen (secondary N) is 2. The molecule has 8 heteroatoms. The lowest BCUT2D eigenvalue weighted by Crippen LogP contribution is -2.25. The van der Waals surface area contributed by atoms with Crippen LogP contribution in [0.4, 0.5) is 0 Å². The van der Waals surface area contributed by atoms with E-state index in [1.165, 1.54) is 4.88 Å². The van der Waals surface area contributed by atoms with Crippen LogP contribution in [-0.4, -0.2) is 35.1 Å². The van der Waals surface area contributed by atoms with Gasteiger partial charge in [-0.1, -0.05) is 73.1 Å². The molecule has 0 radical (unpaired) electrons. The van der Waals surface area contributed by atoms with Crippen LogP contribution in [0.25, 0.3) is 0 Å². The lowest BCUT2D eigenvalue weighted by molar-refractivity contribution is 0.0941. The Morgan fingerprint density at radius 1 is 0.688 bits per heavy atom. The number of aryl methyl sites for hydroxylation is 1. The molecule has 0 aliphatic carbocycles. The second-order valence-electron chi connectivity index (χ2n) is 14.7. The average molecular weight is 689 g/mol. The fourth-order valence-electron chi connectivity index (χ4n) is 5.51. The van der Waals surface area contributed by atoms with Crippen LogP contribution < -0.4 is 10.6 Å². The van der Waals surface area contributed by atoms with E-state index in [0.29, 0.717) is 37.1 Å². The summed E-state index contributed by atoms with van der Waals surface area (Å²) < 4.78 is 0. The van der Waals surface area contributed by atoms with Crippen LogP contribution >= 0.6 is 22.7 Å². The zero-order chi connectivity index (χ0) is 35.1. The molecule has 4 N–H and O–H groups in total. The van der Waals surface area contributed by atoms with Gasteiger partial charge in [0.25, 0.3) is 11.8 Å². The van der Waals surface area contributed by atoms with E-state index in [4.69, 9.17) is 0 Å². The monoisotopic (exact) mass is 688 g/mol. The Hall–Kier alpha value is -3.62. The molecule has 2 aromatic carbocycles. The maximum absolute atomic E-state index is 13.2. The van der Waals surface area contributed by atoms with Gasteiger partial charge in [0.2, 0.25) is 0 Å². The molecule has 4 rings (SSSR count). The summed E-state index contributed by atoms with van der Waals surface area (Å²) in [7, 11) is 0. The van der Waals surface area contributed by atoms with Gasteiger partial charge in [-0.25, -0.2) is 0 Å². The van der Waals surface area contributed by atoms with E-state index in [2.05, 4.69) is 71.2 Å². The summed E-state index contributed by atoms with van der Waals surface area (Å²) in [4.78, 5) is 29.7. The molecule has 0 saturated heterocycles. The van der Waals surface area contributed by atoms with Crippen molar-refractivity contribution in [1.29, 1.82) is 0 Å². The summed E-state index contributed by atoms with van der Waals surface area (Å²) in [6, 6.07) is 16.0. The van der Waals surface area contributed by atoms with Crippen molar-refractivity contribution in [2.75, 3.05) is 13.1 Å². The summed E-state index contributed by atoms with van der Waals surface area (Å²) in [5.74, 6) is -0.368.